The number of hydrogen-bond donors (Lipinski definition) is 1. The minimum atomic E-state index is -3.78. The van der Waals surface area contributed by atoms with E-state index in [1.165, 1.54) is 16.3 Å². The van der Waals surface area contributed by atoms with Gasteiger partial charge in [-0.15, -0.1) is 0 Å². The standard InChI is InChI=1S/C24H38N2O4S/c1-5-13-25(4)16-23-18(2)15-26(19(3)17-27)31(28,29)24-12-11-21(14-22(24)30-23)20-9-7-6-8-10-20/h9,11-12,14,18-19,23,27H,5-8,10,13,15-17H2,1-4H3/t18-,19-,23-/m0/s1. The number of ether oxygens (including phenoxy) is 1. The summed E-state index contributed by atoms with van der Waals surface area (Å²) < 4.78 is 35.0. The normalized spacial score (nSPS) is 25.2. The van der Waals surface area contributed by atoms with Crippen LogP contribution in [0, 0.1) is 5.92 Å². The fourth-order valence-electron chi connectivity index (χ4n) is 4.52. The van der Waals surface area contributed by atoms with Crippen molar-refractivity contribution in [2.75, 3.05) is 33.3 Å². The molecule has 31 heavy (non-hydrogen) atoms. The van der Waals surface area contributed by atoms with Gasteiger partial charge in [-0.05, 0) is 75.9 Å². The van der Waals surface area contributed by atoms with E-state index in [1.54, 1.807) is 13.0 Å². The maximum atomic E-state index is 13.6. The first kappa shape index (κ1) is 24.2. The van der Waals surface area contributed by atoms with Gasteiger partial charge in [-0.3, -0.25) is 0 Å². The average Bonchev–Trinajstić information content (AvgIpc) is 2.76. The second-order valence-corrected chi connectivity index (χ2v) is 11.0. The molecule has 0 bridgehead atoms. The Labute approximate surface area is 187 Å². The zero-order valence-corrected chi connectivity index (χ0v) is 20.2. The van der Waals surface area contributed by atoms with Crippen molar-refractivity contribution in [2.45, 2.75) is 69.9 Å². The van der Waals surface area contributed by atoms with Gasteiger partial charge < -0.3 is 14.7 Å². The molecule has 0 unspecified atom stereocenters. The number of allylic oxidation sites excluding steroid dienone is 2. The predicted molar refractivity (Wildman–Crippen MR) is 125 cm³/mol. The Bertz CT molecular complexity index is 884. The number of sulfonamides is 1. The van der Waals surface area contributed by atoms with E-state index in [-0.39, 0.29) is 23.5 Å². The summed E-state index contributed by atoms with van der Waals surface area (Å²) in [6, 6.07) is 5.02. The lowest BCUT2D eigenvalue weighted by atomic mass is 9.93. The zero-order chi connectivity index (χ0) is 22.6. The lowest BCUT2D eigenvalue weighted by Gasteiger charge is -2.37. The molecule has 6 nitrogen and oxygen atoms in total. The first-order chi connectivity index (χ1) is 14.8. The third-order valence-electron chi connectivity index (χ3n) is 6.43. The van der Waals surface area contributed by atoms with Crippen molar-refractivity contribution in [2.24, 2.45) is 5.92 Å². The van der Waals surface area contributed by atoms with Gasteiger partial charge in [-0.25, -0.2) is 8.42 Å². The number of fused-ring (bicyclic) bond motifs is 1. The molecule has 0 radical (unpaired) electrons. The van der Waals surface area contributed by atoms with Crippen molar-refractivity contribution in [1.29, 1.82) is 0 Å². The van der Waals surface area contributed by atoms with E-state index in [2.05, 4.69) is 24.9 Å². The molecule has 174 valence electrons. The van der Waals surface area contributed by atoms with Crippen LogP contribution in [0.4, 0.5) is 0 Å². The van der Waals surface area contributed by atoms with Crippen molar-refractivity contribution >= 4 is 15.6 Å². The summed E-state index contributed by atoms with van der Waals surface area (Å²) in [4.78, 5) is 2.44. The Morgan fingerprint density at radius 2 is 2.10 bits per heavy atom. The quantitative estimate of drug-likeness (QED) is 0.685. The number of hydrogen-bond acceptors (Lipinski definition) is 5. The molecule has 1 aliphatic heterocycles. The van der Waals surface area contributed by atoms with Crippen LogP contribution in [-0.2, 0) is 10.0 Å². The van der Waals surface area contributed by atoms with Crippen LogP contribution < -0.4 is 4.74 Å². The summed E-state index contributed by atoms with van der Waals surface area (Å²) in [6.45, 7) is 7.73. The Morgan fingerprint density at radius 3 is 2.74 bits per heavy atom. The minimum absolute atomic E-state index is 0.0196. The molecule has 7 heteroatoms. The Balaban J connectivity index is 2.06. The number of aliphatic hydroxyl groups is 1. The average molecular weight is 451 g/mol. The fraction of sp³-hybridized carbons (Fsp3) is 0.667. The largest absolute Gasteiger partial charge is 0.487 e. The summed E-state index contributed by atoms with van der Waals surface area (Å²) in [5.74, 6) is 0.411. The molecule has 1 aromatic carbocycles. The molecule has 1 aromatic rings. The Kier molecular flexibility index (Phi) is 8.19. The molecular formula is C24H38N2O4S. The lowest BCUT2D eigenvalue weighted by Crippen LogP contribution is -2.49. The zero-order valence-electron chi connectivity index (χ0n) is 19.4. The highest BCUT2D eigenvalue weighted by Crippen LogP contribution is 2.37. The highest BCUT2D eigenvalue weighted by atomic mass is 32.2. The molecular weight excluding hydrogens is 412 g/mol. The molecule has 3 rings (SSSR count). The molecule has 1 heterocycles. The van der Waals surface area contributed by atoms with Crippen molar-refractivity contribution in [3.8, 4) is 5.75 Å². The first-order valence-corrected chi connectivity index (χ1v) is 13.0. The molecule has 0 saturated carbocycles. The molecule has 1 N–H and O–H groups in total. The van der Waals surface area contributed by atoms with Crippen LogP contribution in [0.25, 0.3) is 5.57 Å². The molecule has 0 spiro atoms. The van der Waals surface area contributed by atoms with Gasteiger partial charge in [-0.2, -0.15) is 4.31 Å². The molecule has 0 saturated heterocycles. The number of nitrogens with zero attached hydrogens (tertiary/aromatic N) is 2. The second kappa shape index (κ2) is 10.5. The van der Waals surface area contributed by atoms with E-state index < -0.39 is 16.1 Å². The van der Waals surface area contributed by atoms with Gasteiger partial charge in [0.15, 0.2) is 0 Å². The lowest BCUT2D eigenvalue weighted by molar-refractivity contribution is 0.0752. The second-order valence-electron chi connectivity index (χ2n) is 9.14. The Hall–Kier alpha value is -1.41. The third-order valence-corrected chi connectivity index (χ3v) is 8.45. The minimum Gasteiger partial charge on any atom is -0.487 e. The summed E-state index contributed by atoms with van der Waals surface area (Å²) in [5, 5.41) is 9.76. The van der Waals surface area contributed by atoms with Crippen LogP contribution in [0.15, 0.2) is 29.2 Å². The van der Waals surface area contributed by atoms with Gasteiger partial charge in [0.25, 0.3) is 0 Å². The number of likely N-dealkylation sites (N-methyl/N-ethyl adjacent to an activating group) is 1. The first-order valence-electron chi connectivity index (χ1n) is 11.6. The van der Waals surface area contributed by atoms with Crippen LogP contribution in [-0.4, -0.2) is 68.2 Å². The van der Waals surface area contributed by atoms with Crippen LogP contribution in [0.1, 0.15) is 58.4 Å². The maximum absolute atomic E-state index is 13.6. The summed E-state index contributed by atoms with van der Waals surface area (Å²) in [6.07, 6.45) is 7.61. The summed E-state index contributed by atoms with van der Waals surface area (Å²) in [5.41, 5.74) is 2.31. The molecule has 1 aliphatic carbocycles. The molecule has 0 fully saturated rings. The highest BCUT2D eigenvalue weighted by Gasteiger charge is 2.38. The van der Waals surface area contributed by atoms with E-state index in [9.17, 15) is 13.5 Å². The highest BCUT2D eigenvalue weighted by molar-refractivity contribution is 7.89. The Morgan fingerprint density at radius 1 is 1.32 bits per heavy atom. The number of benzene rings is 1. The fourth-order valence-corrected chi connectivity index (χ4v) is 6.35. The van der Waals surface area contributed by atoms with Gasteiger partial charge in [-0.1, -0.05) is 26.0 Å². The topological polar surface area (TPSA) is 70.1 Å². The summed E-state index contributed by atoms with van der Waals surface area (Å²) in [7, 11) is -1.70. The van der Waals surface area contributed by atoms with Crippen molar-refractivity contribution in [1.82, 2.24) is 9.21 Å². The summed E-state index contributed by atoms with van der Waals surface area (Å²) >= 11 is 0. The smallest absolute Gasteiger partial charge is 0.247 e. The molecule has 0 aromatic heterocycles. The van der Waals surface area contributed by atoms with E-state index in [0.717, 1.165) is 44.3 Å². The molecule has 2 aliphatic rings. The van der Waals surface area contributed by atoms with Crippen molar-refractivity contribution in [3.05, 3.63) is 29.8 Å². The van der Waals surface area contributed by atoms with Gasteiger partial charge >= 0.3 is 0 Å². The predicted octanol–water partition coefficient (Wildman–Crippen LogP) is 3.75. The molecule has 3 atom stereocenters. The van der Waals surface area contributed by atoms with Crippen LogP contribution in [0.3, 0.4) is 0 Å². The number of rotatable bonds is 7. The van der Waals surface area contributed by atoms with Gasteiger partial charge in [0.2, 0.25) is 10.0 Å². The monoisotopic (exact) mass is 450 g/mol. The SMILES string of the molecule is CCCN(C)C[C@@H]1Oc2cc(C3=CCCCC3)ccc2S(=O)(=O)N([C@@H](C)CO)C[C@@H]1C. The van der Waals surface area contributed by atoms with Crippen LogP contribution >= 0.6 is 0 Å². The van der Waals surface area contributed by atoms with E-state index >= 15 is 0 Å². The van der Waals surface area contributed by atoms with Crippen LogP contribution in [0.2, 0.25) is 0 Å². The third kappa shape index (κ3) is 5.51. The van der Waals surface area contributed by atoms with E-state index in [1.807, 2.05) is 19.1 Å². The molecule has 0 amide bonds. The van der Waals surface area contributed by atoms with E-state index in [0.29, 0.717) is 12.3 Å². The van der Waals surface area contributed by atoms with Gasteiger partial charge in [0.1, 0.15) is 16.7 Å². The van der Waals surface area contributed by atoms with Gasteiger partial charge in [0.05, 0.1) is 6.61 Å². The number of aliphatic hydroxyl groups excluding tert-OH is 1. The van der Waals surface area contributed by atoms with Crippen LogP contribution in [0.5, 0.6) is 5.75 Å². The van der Waals surface area contributed by atoms with Crippen molar-refractivity contribution in [3.63, 3.8) is 0 Å². The van der Waals surface area contributed by atoms with Crippen molar-refractivity contribution < 1.29 is 18.3 Å². The maximum Gasteiger partial charge on any atom is 0.247 e. The van der Waals surface area contributed by atoms with Gasteiger partial charge in [0, 0.05) is 25.0 Å². The van der Waals surface area contributed by atoms with E-state index in [4.69, 9.17) is 4.74 Å².